The van der Waals surface area contributed by atoms with Crippen molar-refractivity contribution in [2.45, 2.75) is 6.92 Å². The Labute approximate surface area is 80.7 Å². The number of nitrogens with one attached hydrogen (secondary N) is 1. The number of hydrogen-bond acceptors (Lipinski definition) is 3. The second-order valence-electron chi connectivity index (χ2n) is 2.74. The fraction of sp³-hybridized carbons (Fsp3) is 0.375. The molecule has 0 unspecified atom stereocenters. The van der Waals surface area contributed by atoms with Gasteiger partial charge in [-0.1, -0.05) is 19.1 Å². The summed E-state index contributed by atoms with van der Waals surface area (Å²) in [6.45, 7) is 1.65. The van der Waals surface area contributed by atoms with Crippen molar-refractivity contribution in [3.05, 3.63) is 11.0 Å². The maximum atomic E-state index is 11.2. The molecule has 0 radical (unpaired) electrons. The number of nitrogens with zero attached hydrogens (tertiary/aromatic N) is 2. The lowest BCUT2D eigenvalue weighted by molar-refractivity contribution is -0.123. The number of nitriles is 1. The van der Waals surface area contributed by atoms with Gasteiger partial charge in [-0.25, -0.2) is 0 Å². The van der Waals surface area contributed by atoms with Crippen molar-refractivity contribution in [1.29, 1.82) is 5.26 Å². The van der Waals surface area contributed by atoms with Gasteiger partial charge in [0.1, 0.15) is 10.9 Å². The van der Waals surface area contributed by atoms with Gasteiger partial charge in [0.25, 0.3) is 0 Å². The summed E-state index contributed by atoms with van der Waals surface area (Å²) >= 11 is 4.78. The van der Waals surface area contributed by atoms with Crippen molar-refractivity contribution in [2.75, 3.05) is 0 Å². The van der Waals surface area contributed by atoms with Gasteiger partial charge in [-0.15, -0.1) is 0 Å². The van der Waals surface area contributed by atoms with Crippen molar-refractivity contribution in [3.8, 4) is 6.07 Å². The molecular weight excluding hydrogens is 186 g/mol. The molecule has 2 atom stereocenters. The number of carbonyl (C=O) groups is 1. The Morgan fingerprint density at radius 2 is 2.31 bits per heavy atom. The zero-order valence-electron chi connectivity index (χ0n) is 6.87. The van der Waals surface area contributed by atoms with Crippen molar-refractivity contribution in [1.82, 2.24) is 5.32 Å². The molecule has 0 aromatic rings. The summed E-state index contributed by atoms with van der Waals surface area (Å²) in [6, 6.07) is 1.84. The minimum atomic E-state index is -0.804. The van der Waals surface area contributed by atoms with Crippen molar-refractivity contribution < 1.29 is 4.79 Å². The van der Waals surface area contributed by atoms with E-state index in [1.54, 1.807) is 6.92 Å². The predicted octanol–water partition coefficient (Wildman–Crippen LogP) is 0.385. The van der Waals surface area contributed by atoms with E-state index in [9.17, 15) is 4.79 Å². The van der Waals surface area contributed by atoms with E-state index in [-0.39, 0.29) is 4.99 Å². The Balaban J connectivity index is 3.10. The van der Waals surface area contributed by atoms with E-state index in [0.29, 0.717) is 5.57 Å². The van der Waals surface area contributed by atoms with Crippen LogP contribution in [-0.4, -0.2) is 16.8 Å². The highest BCUT2D eigenvalue weighted by Crippen LogP contribution is 2.23. The summed E-state index contributed by atoms with van der Waals surface area (Å²) < 4.78 is 0. The third-order valence-corrected chi connectivity index (χ3v) is 2.30. The molecule has 1 heterocycles. The third-order valence-electron chi connectivity index (χ3n) is 1.98. The monoisotopic (exact) mass is 192 g/mol. The Hall–Kier alpha value is -1.50. The molecule has 1 aliphatic rings. The summed E-state index contributed by atoms with van der Waals surface area (Å²) in [5.41, 5.74) is 0.307. The highest BCUT2D eigenvalue weighted by molar-refractivity contribution is 7.80. The van der Waals surface area contributed by atoms with Crippen LogP contribution in [0, 0.1) is 23.2 Å². The second kappa shape index (κ2) is 3.48. The van der Waals surface area contributed by atoms with Gasteiger partial charge in [0.15, 0.2) is 0 Å². The van der Waals surface area contributed by atoms with Crippen LogP contribution in [0.5, 0.6) is 0 Å². The van der Waals surface area contributed by atoms with Crippen LogP contribution in [0.2, 0.25) is 0 Å². The number of hydrogen-bond donors (Lipinski definition) is 1. The number of carbonyl (C=O) groups excluding carboxylic acids is 1. The van der Waals surface area contributed by atoms with Crippen molar-refractivity contribution in [3.63, 3.8) is 0 Å². The highest BCUT2D eigenvalue weighted by Gasteiger charge is 2.34. The standard InChI is InChI=1S/C8H6N3OS/c1-4-5(2-9)7(12)11-8(13)6(4)3-10/h4-5H,1H3,(H,11,12,13)/q-1/t4-,5-/m0/s1. The maximum absolute atomic E-state index is 11.2. The van der Waals surface area contributed by atoms with Crippen LogP contribution in [0.1, 0.15) is 6.92 Å². The molecule has 13 heavy (non-hydrogen) atoms. The van der Waals surface area contributed by atoms with E-state index >= 15 is 0 Å². The number of amides is 1. The van der Waals surface area contributed by atoms with Crippen molar-refractivity contribution in [2.24, 2.45) is 11.8 Å². The van der Waals surface area contributed by atoms with Gasteiger partial charge >= 0.3 is 0 Å². The van der Waals surface area contributed by atoms with E-state index < -0.39 is 17.7 Å². The number of thiocarbonyl (C=S) groups is 1. The lowest BCUT2D eigenvalue weighted by Gasteiger charge is -2.26. The van der Waals surface area contributed by atoms with Crippen LogP contribution in [0.4, 0.5) is 0 Å². The molecule has 66 valence electrons. The van der Waals surface area contributed by atoms with Crippen LogP contribution in [0.15, 0.2) is 5.57 Å². The van der Waals surface area contributed by atoms with E-state index in [1.807, 2.05) is 11.9 Å². The lowest BCUT2D eigenvalue weighted by Crippen LogP contribution is -2.45. The molecule has 0 saturated carbocycles. The minimum absolute atomic E-state index is 0.145. The Bertz CT molecular complexity index is 362. The first-order valence-electron chi connectivity index (χ1n) is 3.63. The van der Waals surface area contributed by atoms with Gasteiger partial charge in [0.05, 0.1) is 6.07 Å². The summed E-state index contributed by atoms with van der Waals surface area (Å²) in [6.07, 6.45) is 0. The fourth-order valence-electron chi connectivity index (χ4n) is 1.18. The summed E-state index contributed by atoms with van der Waals surface area (Å²) in [4.78, 5) is 11.3. The van der Waals surface area contributed by atoms with E-state index in [1.165, 1.54) is 0 Å². The first-order chi connectivity index (χ1) is 6.11. The molecular formula is C8H6N3OS-. The quantitative estimate of drug-likeness (QED) is 0.342. The van der Waals surface area contributed by atoms with Crippen LogP contribution in [0.25, 0.3) is 5.41 Å². The minimum Gasteiger partial charge on any atom is -0.763 e. The van der Waals surface area contributed by atoms with Crippen LogP contribution in [0.3, 0.4) is 0 Å². The largest absolute Gasteiger partial charge is 0.763 e. The van der Waals surface area contributed by atoms with Crippen molar-refractivity contribution >= 4 is 29.0 Å². The molecule has 1 aliphatic heterocycles. The Morgan fingerprint density at radius 1 is 1.69 bits per heavy atom. The normalized spacial score (nSPS) is 27.5. The molecule has 0 aromatic carbocycles. The first kappa shape index (κ1) is 9.59. The summed E-state index contributed by atoms with van der Waals surface area (Å²) in [7, 11) is 0. The first-order valence-corrected chi connectivity index (χ1v) is 4.04. The molecule has 4 nitrogen and oxygen atoms in total. The molecule has 5 heteroatoms. The molecule has 0 aliphatic carbocycles. The zero-order chi connectivity index (χ0) is 10.0. The van der Waals surface area contributed by atoms with Gasteiger partial charge in [-0.3, -0.25) is 10.7 Å². The lowest BCUT2D eigenvalue weighted by atomic mass is 9.85. The topological polar surface area (TPSA) is 75.2 Å². The smallest absolute Gasteiger partial charge is 0.243 e. The predicted molar refractivity (Wildman–Crippen MR) is 50.9 cm³/mol. The Morgan fingerprint density at radius 3 is 2.77 bits per heavy atom. The molecule has 1 N–H and O–H groups in total. The summed E-state index contributed by atoms with van der Waals surface area (Å²) in [5, 5.41) is 19.7. The average molecular weight is 192 g/mol. The van der Waals surface area contributed by atoms with Gasteiger partial charge in [-0.2, -0.15) is 5.26 Å². The van der Waals surface area contributed by atoms with E-state index in [4.69, 9.17) is 22.9 Å². The second-order valence-corrected chi connectivity index (χ2v) is 3.15. The van der Waals surface area contributed by atoms with Crippen LogP contribution in [-0.2, 0) is 4.79 Å². The molecule has 1 amide bonds. The number of piperidine rings is 1. The SMILES string of the molecule is C[C@@H]1C(=C=[N-])C(=S)NC(=O)[C@H]1C#N. The number of rotatable bonds is 0. The van der Waals surface area contributed by atoms with Gasteiger partial charge in [0.2, 0.25) is 5.91 Å². The van der Waals surface area contributed by atoms with Crippen LogP contribution >= 0.6 is 12.2 Å². The fourth-order valence-corrected chi connectivity index (χ4v) is 1.51. The molecule has 0 bridgehead atoms. The van der Waals surface area contributed by atoms with E-state index in [2.05, 4.69) is 5.32 Å². The zero-order valence-corrected chi connectivity index (χ0v) is 7.68. The molecule has 0 aromatic heterocycles. The van der Waals surface area contributed by atoms with Gasteiger partial charge in [0, 0.05) is 11.5 Å². The molecule has 1 rings (SSSR count). The van der Waals surface area contributed by atoms with Crippen LogP contribution < -0.4 is 5.32 Å². The maximum Gasteiger partial charge on any atom is 0.243 e. The molecule has 0 spiro atoms. The summed E-state index contributed by atoms with van der Waals surface area (Å²) in [5.74, 6) is 0.270. The Kier molecular flexibility index (Phi) is 2.57. The average Bonchev–Trinajstić information content (AvgIpc) is 2.04. The van der Waals surface area contributed by atoms with Gasteiger partial charge in [-0.05, 0) is 0 Å². The highest BCUT2D eigenvalue weighted by atomic mass is 32.1. The molecule has 1 saturated heterocycles. The third kappa shape index (κ3) is 1.50. The van der Waals surface area contributed by atoms with E-state index in [0.717, 1.165) is 0 Å². The molecule has 1 fully saturated rings. The van der Waals surface area contributed by atoms with Gasteiger partial charge < -0.3 is 10.7 Å².